The lowest BCUT2D eigenvalue weighted by molar-refractivity contribution is 0.0652. The number of rotatable bonds is 6. The summed E-state index contributed by atoms with van der Waals surface area (Å²) in [6, 6.07) is 8.39. The van der Waals surface area contributed by atoms with Crippen molar-refractivity contribution in [3.05, 3.63) is 56.2 Å². The molecule has 1 aliphatic rings. The number of amides is 3. The number of hydrogen-bond acceptors (Lipinski definition) is 4. The zero-order chi connectivity index (χ0) is 18.8. The highest BCUT2D eigenvalue weighted by atomic mass is 35.5. The summed E-state index contributed by atoms with van der Waals surface area (Å²) in [6.07, 6.45) is 1.66. The van der Waals surface area contributed by atoms with Gasteiger partial charge in [-0.25, -0.2) is 0 Å². The van der Waals surface area contributed by atoms with Gasteiger partial charge in [0, 0.05) is 24.0 Å². The second-order valence-corrected chi connectivity index (χ2v) is 8.04. The molecule has 0 bridgehead atoms. The lowest BCUT2D eigenvalue weighted by atomic mass is 10.0. The van der Waals surface area contributed by atoms with Gasteiger partial charge in [-0.05, 0) is 36.8 Å². The van der Waals surface area contributed by atoms with E-state index < -0.39 is 0 Å². The van der Waals surface area contributed by atoms with Gasteiger partial charge in [-0.15, -0.1) is 11.3 Å². The van der Waals surface area contributed by atoms with Gasteiger partial charge in [0.1, 0.15) is 0 Å². The summed E-state index contributed by atoms with van der Waals surface area (Å²) in [5.74, 6) is -0.801. The van der Waals surface area contributed by atoms with E-state index in [1.165, 1.54) is 22.3 Å². The second-order valence-electron chi connectivity index (χ2n) is 6.24. The van der Waals surface area contributed by atoms with Crippen LogP contribution in [0.25, 0.3) is 0 Å². The van der Waals surface area contributed by atoms with Crippen LogP contribution in [-0.2, 0) is 6.54 Å². The zero-order valence-electron chi connectivity index (χ0n) is 14.6. The van der Waals surface area contributed by atoms with E-state index in [9.17, 15) is 14.4 Å². The molecule has 26 heavy (non-hydrogen) atoms. The molecule has 1 aromatic carbocycles. The van der Waals surface area contributed by atoms with Gasteiger partial charge in [0.15, 0.2) is 0 Å². The van der Waals surface area contributed by atoms with E-state index >= 15 is 0 Å². The Morgan fingerprint density at radius 3 is 2.54 bits per heavy atom. The van der Waals surface area contributed by atoms with Gasteiger partial charge < -0.3 is 4.90 Å². The van der Waals surface area contributed by atoms with Crippen molar-refractivity contribution in [2.75, 3.05) is 13.6 Å². The van der Waals surface area contributed by atoms with Gasteiger partial charge in [0.2, 0.25) is 0 Å². The van der Waals surface area contributed by atoms with Gasteiger partial charge >= 0.3 is 0 Å². The van der Waals surface area contributed by atoms with Crippen LogP contribution in [-0.4, -0.2) is 41.1 Å². The molecule has 2 aromatic rings. The summed E-state index contributed by atoms with van der Waals surface area (Å²) in [5.41, 5.74) is 1.08. The topological polar surface area (TPSA) is 57.7 Å². The molecule has 0 atom stereocenters. The molecule has 2 heterocycles. The molecule has 136 valence electrons. The quantitative estimate of drug-likeness (QED) is 0.698. The molecule has 7 heteroatoms. The summed E-state index contributed by atoms with van der Waals surface area (Å²) >= 11 is 7.35. The number of thiophene rings is 1. The van der Waals surface area contributed by atoms with Gasteiger partial charge in [0.05, 0.1) is 22.0 Å². The molecule has 0 radical (unpaired) electrons. The number of carbonyl (C=O) groups excluding carboxylic acids is 3. The maximum atomic E-state index is 12.7. The number of carbonyl (C=O) groups is 3. The van der Waals surface area contributed by atoms with Gasteiger partial charge in [-0.3, -0.25) is 19.3 Å². The summed E-state index contributed by atoms with van der Waals surface area (Å²) in [6.45, 7) is 2.85. The minimum Gasteiger partial charge on any atom is -0.337 e. The minimum absolute atomic E-state index is 0.204. The van der Waals surface area contributed by atoms with E-state index in [4.69, 9.17) is 11.6 Å². The molecule has 1 aliphatic heterocycles. The molecule has 5 nitrogen and oxygen atoms in total. The van der Waals surface area contributed by atoms with E-state index in [-0.39, 0.29) is 17.7 Å². The maximum Gasteiger partial charge on any atom is 0.261 e. The molecule has 1 aromatic heterocycles. The fraction of sp³-hybridized carbons (Fsp3) is 0.316. The Bertz CT molecular complexity index is 877. The van der Waals surface area contributed by atoms with E-state index in [1.54, 1.807) is 30.1 Å². The summed E-state index contributed by atoms with van der Waals surface area (Å²) in [5, 5.41) is 0. The molecule has 3 amide bonds. The molecule has 0 fully saturated rings. The van der Waals surface area contributed by atoms with E-state index in [1.807, 2.05) is 13.0 Å². The fourth-order valence-corrected chi connectivity index (χ4v) is 4.05. The summed E-state index contributed by atoms with van der Waals surface area (Å²) in [7, 11) is 1.70. The average Bonchev–Trinajstić information content (AvgIpc) is 3.14. The molecule has 0 saturated heterocycles. The number of nitrogens with zero attached hydrogens (tertiary/aromatic N) is 2. The van der Waals surface area contributed by atoms with Crippen LogP contribution >= 0.6 is 22.9 Å². The van der Waals surface area contributed by atoms with Crippen molar-refractivity contribution < 1.29 is 14.4 Å². The number of benzene rings is 1. The highest BCUT2D eigenvalue weighted by Gasteiger charge is 2.35. The number of halogens is 1. The van der Waals surface area contributed by atoms with Crippen LogP contribution in [0.5, 0.6) is 0 Å². The van der Waals surface area contributed by atoms with Crippen LogP contribution in [0, 0.1) is 0 Å². The van der Waals surface area contributed by atoms with E-state index in [0.717, 1.165) is 17.7 Å². The maximum absolute atomic E-state index is 12.7. The lowest BCUT2D eigenvalue weighted by Gasteiger charge is -2.16. The molecule has 0 unspecified atom stereocenters. The number of imide groups is 1. The Hall–Kier alpha value is -2.18. The third-order valence-corrected chi connectivity index (χ3v) is 5.54. The monoisotopic (exact) mass is 390 g/mol. The predicted molar refractivity (Wildman–Crippen MR) is 102 cm³/mol. The van der Waals surface area contributed by atoms with Gasteiger partial charge in [-0.1, -0.05) is 24.9 Å². The van der Waals surface area contributed by atoms with Crippen LogP contribution in [0.1, 0.15) is 55.7 Å². The Morgan fingerprint density at radius 1 is 1.15 bits per heavy atom. The second kappa shape index (κ2) is 7.60. The van der Waals surface area contributed by atoms with Crippen molar-refractivity contribution in [1.29, 1.82) is 0 Å². The Labute approximate surface area is 161 Å². The third-order valence-electron chi connectivity index (χ3n) is 4.32. The number of hydrogen-bond donors (Lipinski definition) is 0. The van der Waals surface area contributed by atoms with Crippen molar-refractivity contribution in [2.24, 2.45) is 0 Å². The molecule has 0 N–H and O–H groups in total. The predicted octanol–water partition coefficient (Wildman–Crippen LogP) is 4.07. The van der Waals surface area contributed by atoms with Crippen molar-refractivity contribution in [2.45, 2.75) is 26.3 Å². The third kappa shape index (κ3) is 3.52. The van der Waals surface area contributed by atoms with Crippen LogP contribution in [0.2, 0.25) is 4.34 Å². The van der Waals surface area contributed by atoms with Crippen molar-refractivity contribution in [3.8, 4) is 0 Å². The van der Waals surface area contributed by atoms with Crippen LogP contribution in [0.15, 0.2) is 30.3 Å². The first-order valence-electron chi connectivity index (χ1n) is 8.42. The molecular weight excluding hydrogens is 372 g/mol. The van der Waals surface area contributed by atoms with Crippen LogP contribution in [0.4, 0.5) is 0 Å². The van der Waals surface area contributed by atoms with E-state index in [0.29, 0.717) is 34.1 Å². The largest absolute Gasteiger partial charge is 0.337 e. The SMILES string of the molecule is CCCCN1C(=O)c2ccc(C(=O)N(C)Cc3ccc(Cl)s3)cc2C1=O. The van der Waals surface area contributed by atoms with Gasteiger partial charge in [-0.2, -0.15) is 0 Å². The van der Waals surface area contributed by atoms with Crippen LogP contribution in [0.3, 0.4) is 0 Å². The zero-order valence-corrected chi connectivity index (χ0v) is 16.2. The Balaban J connectivity index is 1.79. The lowest BCUT2D eigenvalue weighted by Crippen LogP contribution is -2.30. The highest BCUT2D eigenvalue weighted by Crippen LogP contribution is 2.26. The van der Waals surface area contributed by atoms with Crippen molar-refractivity contribution >= 4 is 40.7 Å². The number of fused-ring (bicyclic) bond motifs is 1. The normalized spacial score (nSPS) is 13.3. The standard InChI is InChI=1S/C19H19ClN2O3S/c1-3-4-9-22-18(24)14-7-5-12(10-15(14)19(22)25)17(23)21(2)11-13-6-8-16(20)26-13/h5-8,10H,3-4,9,11H2,1-2H3. The van der Waals surface area contributed by atoms with Crippen molar-refractivity contribution in [1.82, 2.24) is 9.80 Å². The van der Waals surface area contributed by atoms with Gasteiger partial charge in [0.25, 0.3) is 17.7 Å². The molecular formula is C19H19ClN2O3S. The Kier molecular flexibility index (Phi) is 5.44. The molecule has 0 aliphatic carbocycles. The van der Waals surface area contributed by atoms with Crippen molar-refractivity contribution in [3.63, 3.8) is 0 Å². The average molecular weight is 391 g/mol. The highest BCUT2D eigenvalue weighted by molar-refractivity contribution is 7.16. The molecule has 3 rings (SSSR count). The smallest absolute Gasteiger partial charge is 0.261 e. The van der Waals surface area contributed by atoms with E-state index in [2.05, 4.69) is 0 Å². The summed E-state index contributed by atoms with van der Waals surface area (Å²) < 4.78 is 0.676. The fourth-order valence-electron chi connectivity index (χ4n) is 2.91. The summed E-state index contributed by atoms with van der Waals surface area (Å²) in [4.78, 5) is 41.4. The number of unbranched alkanes of at least 4 members (excludes halogenated alkanes) is 1. The minimum atomic E-state index is -0.319. The molecule has 0 spiro atoms. The first-order valence-corrected chi connectivity index (χ1v) is 9.61. The Morgan fingerprint density at radius 2 is 1.88 bits per heavy atom. The first-order chi connectivity index (χ1) is 12.4. The first kappa shape index (κ1) is 18.6. The molecule has 0 saturated carbocycles. The van der Waals surface area contributed by atoms with Crippen LogP contribution < -0.4 is 0 Å².